The fraction of sp³-hybridized carbons (Fsp3) is 0.143. The Morgan fingerprint density at radius 3 is 2.52 bits per heavy atom. The summed E-state index contributed by atoms with van der Waals surface area (Å²) in [6.45, 7) is -0.0796. The molecule has 1 heterocycles. The second-order valence-electron chi connectivity index (χ2n) is 4.38. The van der Waals surface area contributed by atoms with E-state index in [-0.39, 0.29) is 17.9 Å². The van der Waals surface area contributed by atoms with Crippen LogP contribution < -0.4 is 10.6 Å². The third-order valence-electron chi connectivity index (χ3n) is 2.76. The average Bonchev–Trinajstić information content (AvgIpc) is 2.53. The zero-order valence-corrected chi connectivity index (χ0v) is 11.6. The van der Waals surface area contributed by atoms with Crippen LogP contribution >= 0.6 is 0 Å². The number of anilines is 1. The number of aromatic nitrogens is 2. The molecule has 23 heavy (non-hydrogen) atoms. The highest BCUT2D eigenvalue weighted by Crippen LogP contribution is 2.20. The molecule has 0 radical (unpaired) electrons. The molecule has 1 aromatic heterocycles. The molecular weight excluding hydrogens is 313 g/mol. The third kappa shape index (κ3) is 4.50. The topological polar surface area (TPSA) is 84.0 Å². The molecule has 2 N–H and O–H groups in total. The van der Waals surface area contributed by atoms with Gasteiger partial charge in [0, 0.05) is 24.6 Å². The van der Waals surface area contributed by atoms with E-state index in [0.717, 1.165) is 0 Å². The van der Waals surface area contributed by atoms with Crippen LogP contribution in [0.25, 0.3) is 0 Å². The van der Waals surface area contributed by atoms with Gasteiger partial charge >= 0.3 is 12.1 Å². The number of benzene rings is 1. The van der Waals surface area contributed by atoms with Crippen LogP contribution in [-0.4, -0.2) is 28.0 Å². The first-order valence-corrected chi connectivity index (χ1v) is 6.38. The Bertz CT molecular complexity index is 705. The molecule has 0 aliphatic heterocycles. The minimum Gasteiger partial charge on any atom is -0.346 e. The fourth-order valence-corrected chi connectivity index (χ4v) is 1.67. The van der Waals surface area contributed by atoms with E-state index in [1.165, 1.54) is 36.8 Å². The molecule has 2 rings (SSSR count). The number of hydrogen-bond acceptors (Lipinski definition) is 4. The average molecular weight is 324 g/mol. The van der Waals surface area contributed by atoms with Gasteiger partial charge in [0.25, 0.3) is 5.91 Å². The van der Waals surface area contributed by atoms with E-state index in [1.54, 1.807) is 11.4 Å². The van der Waals surface area contributed by atoms with Gasteiger partial charge in [-0.3, -0.25) is 14.6 Å². The van der Waals surface area contributed by atoms with E-state index in [0.29, 0.717) is 5.56 Å². The largest absolute Gasteiger partial charge is 0.471 e. The van der Waals surface area contributed by atoms with E-state index >= 15 is 0 Å². The van der Waals surface area contributed by atoms with Crippen molar-refractivity contribution >= 4 is 17.5 Å². The first kappa shape index (κ1) is 16.4. The molecule has 0 saturated carbocycles. The van der Waals surface area contributed by atoms with Crippen molar-refractivity contribution in [2.24, 2.45) is 0 Å². The van der Waals surface area contributed by atoms with Crippen molar-refractivity contribution in [3.63, 3.8) is 0 Å². The van der Waals surface area contributed by atoms with Crippen molar-refractivity contribution in [2.45, 2.75) is 12.7 Å². The lowest BCUT2D eigenvalue weighted by Gasteiger charge is -2.13. The quantitative estimate of drug-likeness (QED) is 0.900. The van der Waals surface area contributed by atoms with Gasteiger partial charge in [0.05, 0.1) is 6.20 Å². The fourth-order valence-electron chi connectivity index (χ4n) is 1.67. The molecule has 0 spiro atoms. The smallest absolute Gasteiger partial charge is 0.346 e. The lowest BCUT2D eigenvalue weighted by atomic mass is 10.1. The van der Waals surface area contributed by atoms with Gasteiger partial charge in [0.15, 0.2) is 0 Å². The number of nitrogens with zero attached hydrogens (tertiary/aromatic N) is 2. The van der Waals surface area contributed by atoms with Gasteiger partial charge in [-0.2, -0.15) is 13.2 Å². The van der Waals surface area contributed by atoms with Gasteiger partial charge in [-0.15, -0.1) is 0 Å². The summed E-state index contributed by atoms with van der Waals surface area (Å²) in [5.41, 5.74) is 0.362. The van der Waals surface area contributed by atoms with Crippen molar-refractivity contribution in [3.8, 4) is 0 Å². The second-order valence-corrected chi connectivity index (χ2v) is 4.38. The highest BCUT2D eigenvalue weighted by Gasteiger charge is 2.38. The van der Waals surface area contributed by atoms with Gasteiger partial charge in [-0.1, -0.05) is 18.2 Å². The zero-order valence-electron chi connectivity index (χ0n) is 11.6. The molecular formula is C14H11F3N4O2. The molecule has 0 atom stereocenters. The number of rotatable bonds is 4. The summed E-state index contributed by atoms with van der Waals surface area (Å²) in [6, 6.07) is 5.85. The summed E-state index contributed by atoms with van der Waals surface area (Å²) in [5, 5.41) is 4.26. The van der Waals surface area contributed by atoms with Crippen LogP contribution in [0.4, 0.5) is 18.9 Å². The summed E-state index contributed by atoms with van der Waals surface area (Å²) < 4.78 is 36.9. The molecule has 0 aliphatic rings. The summed E-state index contributed by atoms with van der Waals surface area (Å²) >= 11 is 0. The second kappa shape index (κ2) is 6.86. The van der Waals surface area contributed by atoms with Crippen molar-refractivity contribution in [2.75, 3.05) is 5.32 Å². The van der Waals surface area contributed by atoms with Gasteiger partial charge in [-0.25, -0.2) is 4.98 Å². The molecule has 2 amide bonds. The lowest BCUT2D eigenvalue weighted by Crippen LogP contribution is -2.31. The van der Waals surface area contributed by atoms with E-state index in [4.69, 9.17) is 0 Å². The van der Waals surface area contributed by atoms with E-state index in [2.05, 4.69) is 15.3 Å². The van der Waals surface area contributed by atoms with Crippen LogP contribution in [0.3, 0.4) is 0 Å². The van der Waals surface area contributed by atoms with Crippen molar-refractivity contribution < 1.29 is 22.8 Å². The first-order valence-electron chi connectivity index (χ1n) is 6.38. The van der Waals surface area contributed by atoms with Crippen LogP contribution in [0.5, 0.6) is 0 Å². The Hall–Kier alpha value is -2.97. The number of alkyl halides is 3. The van der Waals surface area contributed by atoms with Crippen LogP contribution in [0.15, 0.2) is 42.9 Å². The maximum Gasteiger partial charge on any atom is 0.471 e. The van der Waals surface area contributed by atoms with Crippen molar-refractivity contribution in [3.05, 3.63) is 54.1 Å². The summed E-state index contributed by atoms with van der Waals surface area (Å²) in [4.78, 5) is 30.4. The van der Waals surface area contributed by atoms with E-state index in [1.807, 2.05) is 0 Å². The molecule has 0 unspecified atom stereocenters. The Kier molecular flexibility index (Phi) is 4.89. The molecule has 0 bridgehead atoms. The number of para-hydroxylation sites is 1. The van der Waals surface area contributed by atoms with Crippen LogP contribution in [0.1, 0.15) is 16.1 Å². The Morgan fingerprint density at radius 1 is 1.13 bits per heavy atom. The standard InChI is InChI=1S/C14H11F3N4O2/c15-14(16,17)13(23)21-10-4-2-1-3-9(10)7-20-12(22)11-8-18-5-6-19-11/h1-6,8H,7H2,(H,20,22)(H,21,23). The lowest BCUT2D eigenvalue weighted by molar-refractivity contribution is -0.167. The molecule has 6 nitrogen and oxygen atoms in total. The molecule has 1 aromatic carbocycles. The third-order valence-corrected chi connectivity index (χ3v) is 2.76. The number of carbonyl (C=O) groups is 2. The number of nitrogens with one attached hydrogen (secondary N) is 2. The molecule has 0 fully saturated rings. The van der Waals surface area contributed by atoms with Gasteiger partial charge in [0.2, 0.25) is 0 Å². The van der Waals surface area contributed by atoms with E-state index in [9.17, 15) is 22.8 Å². The Balaban J connectivity index is 2.06. The van der Waals surface area contributed by atoms with Crippen LogP contribution in [0, 0.1) is 0 Å². The Labute approximate surface area is 128 Å². The molecule has 120 valence electrons. The van der Waals surface area contributed by atoms with Gasteiger partial charge < -0.3 is 10.6 Å². The number of amides is 2. The summed E-state index contributed by atoms with van der Waals surface area (Å²) in [5.74, 6) is -2.61. The van der Waals surface area contributed by atoms with Gasteiger partial charge in [-0.05, 0) is 11.6 Å². The predicted octanol–water partition coefficient (Wildman–Crippen LogP) is 1.91. The summed E-state index contributed by atoms with van der Waals surface area (Å²) in [6.07, 6.45) is -0.992. The SMILES string of the molecule is O=C(NCc1ccccc1NC(=O)C(F)(F)F)c1cnccn1. The molecule has 2 aromatic rings. The number of carbonyl (C=O) groups excluding carboxylic acids is 2. The summed E-state index contributed by atoms with van der Waals surface area (Å²) in [7, 11) is 0. The molecule has 0 aliphatic carbocycles. The number of hydrogen-bond donors (Lipinski definition) is 2. The Morgan fingerprint density at radius 2 is 1.87 bits per heavy atom. The zero-order chi connectivity index (χ0) is 16.9. The van der Waals surface area contributed by atoms with Crippen molar-refractivity contribution in [1.29, 1.82) is 0 Å². The highest BCUT2D eigenvalue weighted by atomic mass is 19.4. The predicted molar refractivity (Wildman–Crippen MR) is 74.3 cm³/mol. The monoisotopic (exact) mass is 324 g/mol. The van der Waals surface area contributed by atoms with Crippen LogP contribution in [-0.2, 0) is 11.3 Å². The van der Waals surface area contributed by atoms with Crippen molar-refractivity contribution in [1.82, 2.24) is 15.3 Å². The van der Waals surface area contributed by atoms with Crippen LogP contribution in [0.2, 0.25) is 0 Å². The number of halogens is 3. The normalized spacial score (nSPS) is 10.9. The maximum absolute atomic E-state index is 12.3. The molecule has 9 heteroatoms. The minimum absolute atomic E-state index is 0.0331. The molecule has 0 saturated heterocycles. The highest BCUT2D eigenvalue weighted by molar-refractivity contribution is 5.96. The minimum atomic E-state index is -4.99. The first-order chi connectivity index (χ1) is 10.9. The maximum atomic E-state index is 12.3. The van der Waals surface area contributed by atoms with E-state index < -0.39 is 18.0 Å². The van der Waals surface area contributed by atoms with Gasteiger partial charge in [0.1, 0.15) is 5.69 Å².